The van der Waals surface area contributed by atoms with Crippen molar-refractivity contribution in [2.45, 2.75) is 48.5 Å². The third-order valence-electron chi connectivity index (χ3n) is 5.78. The summed E-state index contributed by atoms with van der Waals surface area (Å²) in [6.07, 6.45) is 0. The fraction of sp³-hybridized carbons (Fsp3) is 0.385. The molecule has 0 unspecified atom stereocenters. The zero-order valence-electron chi connectivity index (χ0n) is 20.5. The monoisotopic (exact) mass is 555 g/mol. The van der Waals surface area contributed by atoms with E-state index in [0.29, 0.717) is 0 Å². The normalized spacial score (nSPS) is 15.1. The van der Waals surface area contributed by atoms with Crippen LogP contribution in [0.2, 0.25) is 0 Å². The number of rotatable bonds is 5. The van der Waals surface area contributed by atoms with Crippen LogP contribution in [0.5, 0.6) is 0 Å². The Morgan fingerprint density at radius 2 is 1.73 bits per heavy atom. The van der Waals surface area contributed by atoms with Gasteiger partial charge in [-0.25, -0.2) is 0 Å². The van der Waals surface area contributed by atoms with Crippen molar-refractivity contribution in [3.8, 4) is 11.4 Å². The van der Waals surface area contributed by atoms with Crippen molar-refractivity contribution in [1.82, 2.24) is 18.0 Å². The molecule has 0 fully saturated rings. The first kappa shape index (κ1) is 23.6. The zero-order chi connectivity index (χ0) is 23.8. The van der Waals surface area contributed by atoms with Gasteiger partial charge in [-0.05, 0) is 0 Å². The van der Waals surface area contributed by atoms with Gasteiger partial charge in [0.05, 0.1) is 0 Å². The Hall–Kier alpha value is -2.55. The molecule has 3 aromatic rings. The van der Waals surface area contributed by atoms with E-state index in [0.717, 1.165) is 53.2 Å². The van der Waals surface area contributed by atoms with Crippen molar-refractivity contribution in [3.63, 3.8) is 0 Å². The molecule has 0 amide bonds. The van der Waals surface area contributed by atoms with Crippen LogP contribution in [-0.4, -0.2) is 36.8 Å². The van der Waals surface area contributed by atoms with Gasteiger partial charge < -0.3 is 0 Å². The predicted molar refractivity (Wildman–Crippen MR) is 132 cm³/mol. The first-order chi connectivity index (χ1) is 15.7. The Bertz CT molecular complexity index is 1230. The molecule has 1 aromatic carbocycles. The van der Waals surface area contributed by atoms with Crippen LogP contribution in [0.15, 0.2) is 51.0 Å². The number of allylic oxidation sites excluding steroid dienone is 1. The van der Waals surface area contributed by atoms with E-state index >= 15 is 0 Å². The summed E-state index contributed by atoms with van der Waals surface area (Å²) >= 11 is -0.435. The van der Waals surface area contributed by atoms with E-state index in [1.807, 2.05) is 6.92 Å². The first-order valence-corrected chi connectivity index (χ1v) is 13.6. The number of aliphatic imine (C=N–C) groups is 1. The summed E-state index contributed by atoms with van der Waals surface area (Å²) in [5, 5.41) is 9.25. The molecule has 0 bridgehead atoms. The van der Waals surface area contributed by atoms with Crippen LogP contribution in [0.4, 0.5) is 11.5 Å². The van der Waals surface area contributed by atoms with Crippen LogP contribution in [0.1, 0.15) is 51.7 Å². The molecule has 1 aliphatic heterocycles. The number of nitrogens with zero attached hydrogens (tertiary/aromatic N) is 6. The first-order valence-electron chi connectivity index (χ1n) is 11.4. The van der Waals surface area contributed by atoms with Gasteiger partial charge in [0.25, 0.3) is 0 Å². The number of aromatic nitrogens is 4. The average Bonchev–Trinajstić information content (AvgIpc) is 3.20. The Morgan fingerprint density at radius 3 is 2.36 bits per heavy atom. The van der Waals surface area contributed by atoms with E-state index in [9.17, 15) is 0 Å². The number of fused-ring (bicyclic) bond motifs is 1. The molecule has 6 nitrogen and oxygen atoms in total. The Balaban J connectivity index is 1.83. The van der Waals surface area contributed by atoms with Crippen molar-refractivity contribution in [1.29, 1.82) is 0 Å². The van der Waals surface area contributed by atoms with E-state index in [1.165, 1.54) is 11.1 Å². The Morgan fingerprint density at radius 1 is 1.00 bits per heavy atom. The molecule has 4 rings (SSSR count). The summed E-state index contributed by atoms with van der Waals surface area (Å²) in [4.78, 5) is 12.2. The molecule has 0 aliphatic carbocycles. The summed E-state index contributed by atoms with van der Waals surface area (Å²) in [5.41, 5.74) is 6.21. The number of hydrogen-bond acceptors (Lipinski definition) is 5. The molecule has 0 N–H and O–H groups in total. The molecule has 174 valence electrons. The maximum atomic E-state index is 5.15. The fourth-order valence-corrected chi connectivity index (χ4v) is 6.88. The van der Waals surface area contributed by atoms with E-state index in [4.69, 9.17) is 9.98 Å². The molecule has 0 atom stereocenters. The van der Waals surface area contributed by atoms with E-state index in [2.05, 4.69) is 99.9 Å². The molecule has 1 aliphatic rings. The van der Waals surface area contributed by atoms with Crippen molar-refractivity contribution >= 4 is 17.2 Å². The van der Waals surface area contributed by atoms with E-state index in [1.54, 1.807) is 0 Å². The van der Waals surface area contributed by atoms with Crippen LogP contribution in [0.25, 0.3) is 11.4 Å². The second-order valence-corrected chi connectivity index (χ2v) is 11.4. The summed E-state index contributed by atoms with van der Waals surface area (Å²) in [6.45, 7) is 17.0. The maximum absolute atomic E-state index is 5.15. The Kier molecular flexibility index (Phi) is 6.70. The van der Waals surface area contributed by atoms with Crippen LogP contribution >= 0.6 is 0 Å². The third-order valence-corrected chi connectivity index (χ3v) is 8.15. The van der Waals surface area contributed by atoms with Gasteiger partial charge in [0.2, 0.25) is 0 Å². The molecule has 0 radical (unpaired) electrons. The molecule has 7 heteroatoms. The molecule has 0 spiro atoms. The summed E-state index contributed by atoms with van der Waals surface area (Å²) in [7, 11) is 0. The quantitative estimate of drug-likeness (QED) is 0.455. The van der Waals surface area contributed by atoms with Crippen LogP contribution < -0.4 is 26.4 Å². The molecule has 0 saturated carbocycles. The molecule has 33 heavy (non-hydrogen) atoms. The number of halogens is 1. The number of hydrogen-bond donors (Lipinski definition) is 0. The van der Waals surface area contributed by atoms with Gasteiger partial charge in [-0.15, -0.1) is 0 Å². The molecular formula is C26H32IN6-. The SMILES string of the molecule is CCN(CC)c1ccc(N=C2C(C(C)(C)C)=C[I-]n3c2nnc3-c2cccc(C)c2)c(C)n1. The van der Waals surface area contributed by atoms with Gasteiger partial charge in [0.1, 0.15) is 0 Å². The van der Waals surface area contributed by atoms with Crippen molar-refractivity contribution < 1.29 is 21.5 Å². The molecule has 0 saturated heterocycles. The average molecular weight is 555 g/mol. The minimum atomic E-state index is -0.435. The van der Waals surface area contributed by atoms with Gasteiger partial charge in [0.15, 0.2) is 0 Å². The summed E-state index contributed by atoms with van der Waals surface area (Å²) in [6, 6.07) is 12.6. The standard InChI is InChI=1S/C26H32IN6/c1-8-32(9-2)22-14-13-21(18(4)28-22)29-23-20(26(5,6)7)16-27-33-24(30-31-25(23)33)19-12-10-11-17(3)15-19/h10-16H,8-9H2,1-7H3/q-1. The molecule has 3 heterocycles. The topological polar surface area (TPSA) is 59.2 Å². The van der Waals surface area contributed by atoms with Gasteiger partial charge in [0, 0.05) is 0 Å². The van der Waals surface area contributed by atoms with E-state index < -0.39 is 21.5 Å². The molecular weight excluding hydrogens is 523 g/mol. The molecule has 2 aromatic heterocycles. The van der Waals surface area contributed by atoms with Gasteiger partial charge in [-0.1, -0.05) is 0 Å². The second kappa shape index (κ2) is 9.37. The van der Waals surface area contributed by atoms with Gasteiger partial charge >= 0.3 is 208 Å². The second-order valence-electron chi connectivity index (χ2n) is 9.27. The Labute approximate surface area is 207 Å². The number of benzene rings is 1. The zero-order valence-corrected chi connectivity index (χ0v) is 22.7. The predicted octanol–water partition coefficient (Wildman–Crippen LogP) is 2.72. The van der Waals surface area contributed by atoms with Gasteiger partial charge in [-0.3, -0.25) is 0 Å². The van der Waals surface area contributed by atoms with Crippen molar-refractivity contribution in [2.24, 2.45) is 10.4 Å². The van der Waals surface area contributed by atoms with Crippen molar-refractivity contribution in [3.05, 3.63) is 63.1 Å². The van der Waals surface area contributed by atoms with Crippen LogP contribution in [0, 0.1) is 19.3 Å². The number of anilines is 1. The summed E-state index contributed by atoms with van der Waals surface area (Å²) < 4.78 is 4.65. The number of pyridine rings is 1. The van der Waals surface area contributed by atoms with Crippen LogP contribution in [0.3, 0.4) is 0 Å². The minimum absolute atomic E-state index is 0.0399. The van der Waals surface area contributed by atoms with Crippen LogP contribution in [-0.2, 0) is 0 Å². The fourth-order valence-electron chi connectivity index (χ4n) is 3.86. The number of aryl methyl sites for hydroxylation is 2. The third kappa shape index (κ3) is 4.74. The van der Waals surface area contributed by atoms with E-state index in [-0.39, 0.29) is 5.41 Å². The van der Waals surface area contributed by atoms with Crippen molar-refractivity contribution in [2.75, 3.05) is 18.0 Å². The summed E-state index contributed by atoms with van der Waals surface area (Å²) in [5.74, 6) is 2.77. The van der Waals surface area contributed by atoms with Gasteiger partial charge in [-0.2, -0.15) is 0 Å².